The van der Waals surface area contributed by atoms with Crippen molar-refractivity contribution in [2.45, 2.75) is 36.2 Å². The lowest BCUT2D eigenvalue weighted by Gasteiger charge is -2.18. The molecule has 0 saturated carbocycles. The molecule has 1 aliphatic rings. The van der Waals surface area contributed by atoms with Gasteiger partial charge in [0.05, 0.1) is 34.9 Å². The van der Waals surface area contributed by atoms with Crippen LogP contribution in [0.4, 0.5) is 5.82 Å². The van der Waals surface area contributed by atoms with E-state index < -0.39 is 11.0 Å². The first-order valence-electron chi connectivity index (χ1n) is 12.0. The third-order valence-corrected chi connectivity index (χ3v) is 9.10. The van der Waals surface area contributed by atoms with Gasteiger partial charge in [-0.25, -0.2) is 4.21 Å². The number of carbonyl (C=O) groups excluding carboxylic acids is 1. The van der Waals surface area contributed by atoms with Crippen molar-refractivity contribution in [3.05, 3.63) is 70.1 Å². The molecule has 1 unspecified atom stereocenters. The van der Waals surface area contributed by atoms with Crippen LogP contribution in [-0.2, 0) is 28.9 Å². The Kier molecular flexibility index (Phi) is 7.80. The monoisotopic (exact) mass is 557 g/mol. The van der Waals surface area contributed by atoms with E-state index in [1.54, 1.807) is 19.2 Å². The maximum absolute atomic E-state index is 12.9. The number of likely N-dealkylation sites (tertiary alicyclic amines) is 1. The van der Waals surface area contributed by atoms with Crippen molar-refractivity contribution in [3.63, 3.8) is 0 Å². The Hall–Kier alpha value is -2.92. The Labute approximate surface area is 227 Å². The van der Waals surface area contributed by atoms with Gasteiger partial charge in [-0.1, -0.05) is 41.9 Å². The number of hydrogen-bond donors (Lipinski definition) is 2. The van der Waals surface area contributed by atoms with Crippen LogP contribution in [0.25, 0.3) is 10.9 Å². The number of thiophene rings is 1. The minimum Gasteiger partial charge on any atom is -0.496 e. The van der Waals surface area contributed by atoms with Crippen LogP contribution in [0.1, 0.15) is 24.0 Å². The summed E-state index contributed by atoms with van der Waals surface area (Å²) < 4.78 is 24.6. The number of benzene rings is 2. The summed E-state index contributed by atoms with van der Waals surface area (Å²) in [4.78, 5) is 14.7. The lowest BCUT2D eigenvalue weighted by molar-refractivity contribution is -0.125. The number of rotatable bonds is 9. The van der Waals surface area contributed by atoms with Gasteiger partial charge in [0.25, 0.3) is 0 Å². The standard InChI is InChI=1S/C26H28ClN5O3S2/c1-31-13-5-9-20(31)26(33)28-15-17-6-3-7-18(14-17)16-32-19-8-4-10-21(35-2)24(19)25(29-32)30-37(34)23-12-11-22(27)36-23/h3-4,6-8,10-12,14,20H,5,9,13,15-16H2,1-2H3,(H,28,33)(H,29,30)/t20-,37?/m1/s1. The Balaban J connectivity index is 1.37. The molecule has 2 aromatic heterocycles. The Morgan fingerprint density at radius 1 is 1.22 bits per heavy atom. The summed E-state index contributed by atoms with van der Waals surface area (Å²) in [5.41, 5.74) is 2.91. The molecule has 4 aromatic rings. The van der Waals surface area contributed by atoms with Crippen molar-refractivity contribution in [1.29, 1.82) is 0 Å². The van der Waals surface area contributed by atoms with E-state index in [1.807, 2.05) is 48.1 Å². The molecule has 194 valence electrons. The number of carbonyl (C=O) groups is 1. The van der Waals surface area contributed by atoms with Gasteiger partial charge in [0.2, 0.25) is 5.91 Å². The molecular weight excluding hydrogens is 530 g/mol. The summed E-state index contributed by atoms with van der Waals surface area (Å²) in [5, 5.41) is 8.59. The van der Waals surface area contributed by atoms with E-state index in [1.165, 1.54) is 11.3 Å². The summed E-state index contributed by atoms with van der Waals surface area (Å²) in [6.07, 6.45) is 1.96. The zero-order valence-corrected chi connectivity index (χ0v) is 23.0. The SMILES string of the molecule is COc1cccc2c1c(NS(=O)c1ccc(Cl)s1)nn2Cc1cccc(CNC(=O)[C@H]2CCCN2C)c1. The Morgan fingerprint density at radius 2 is 2.03 bits per heavy atom. The molecule has 0 aliphatic carbocycles. The highest BCUT2D eigenvalue weighted by molar-refractivity contribution is 7.88. The fourth-order valence-electron chi connectivity index (χ4n) is 4.65. The van der Waals surface area contributed by atoms with E-state index >= 15 is 0 Å². The number of hydrogen-bond acceptors (Lipinski definition) is 6. The normalized spacial score (nSPS) is 16.7. The van der Waals surface area contributed by atoms with Gasteiger partial charge in [-0.15, -0.1) is 11.3 Å². The average molecular weight is 558 g/mol. The van der Waals surface area contributed by atoms with E-state index in [0.717, 1.165) is 41.4 Å². The van der Waals surface area contributed by atoms with Crippen LogP contribution >= 0.6 is 22.9 Å². The molecule has 2 aromatic carbocycles. The van der Waals surface area contributed by atoms with Crippen molar-refractivity contribution in [3.8, 4) is 5.75 Å². The van der Waals surface area contributed by atoms with Crippen molar-refractivity contribution >= 4 is 56.6 Å². The van der Waals surface area contributed by atoms with Gasteiger partial charge in [-0.3, -0.25) is 19.1 Å². The number of anilines is 1. The van der Waals surface area contributed by atoms with Gasteiger partial charge in [0.15, 0.2) is 16.8 Å². The first-order valence-corrected chi connectivity index (χ1v) is 14.3. The zero-order chi connectivity index (χ0) is 25.9. The topological polar surface area (TPSA) is 88.5 Å². The maximum Gasteiger partial charge on any atom is 0.237 e. The van der Waals surface area contributed by atoms with Crippen molar-refractivity contribution in [2.24, 2.45) is 0 Å². The highest BCUT2D eigenvalue weighted by Gasteiger charge is 2.27. The molecule has 1 saturated heterocycles. The number of aromatic nitrogens is 2. The first kappa shape index (κ1) is 25.7. The van der Waals surface area contributed by atoms with Gasteiger partial charge >= 0.3 is 0 Å². The number of nitrogens with zero attached hydrogens (tertiary/aromatic N) is 3. The quantitative estimate of drug-likeness (QED) is 0.313. The van der Waals surface area contributed by atoms with Crippen molar-refractivity contribution in [1.82, 2.24) is 20.0 Å². The molecular formula is C26H28ClN5O3S2. The number of ether oxygens (including phenoxy) is 1. The second kappa shape index (κ2) is 11.2. The minimum atomic E-state index is -1.52. The number of amides is 1. The van der Waals surface area contributed by atoms with Crippen molar-refractivity contribution in [2.75, 3.05) is 25.4 Å². The van der Waals surface area contributed by atoms with E-state index in [4.69, 9.17) is 21.4 Å². The van der Waals surface area contributed by atoms with Gasteiger partial charge < -0.3 is 10.1 Å². The van der Waals surface area contributed by atoms with Crippen LogP contribution in [-0.4, -0.2) is 51.5 Å². The first-order chi connectivity index (χ1) is 17.9. The van der Waals surface area contributed by atoms with Gasteiger partial charge in [-0.05, 0) is 61.8 Å². The van der Waals surface area contributed by atoms with Gasteiger partial charge in [0, 0.05) is 6.54 Å². The van der Waals surface area contributed by atoms with E-state index in [9.17, 15) is 9.00 Å². The molecule has 11 heteroatoms. The minimum absolute atomic E-state index is 0.0460. The summed E-state index contributed by atoms with van der Waals surface area (Å²) in [5.74, 6) is 1.19. The summed E-state index contributed by atoms with van der Waals surface area (Å²) in [6, 6.07) is 17.2. The second-order valence-corrected chi connectivity index (χ2v) is 12.1. The number of halogens is 1. The van der Waals surface area contributed by atoms with Crippen molar-refractivity contribution < 1.29 is 13.7 Å². The fraction of sp³-hybridized carbons (Fsp3) is 0.308. The number of fused-ring (bicyclic) bond motifs is 1. The molecule has 1 amide bonds. The molecule has 8 nitrogen and oxygen atoms in total. The maximum atomic E-state index is 12.9. The summed E-state index contributed by atoms with van der Waals surface area (Å²) in [6.45, 7) is 1.93. The summed E-state index contributed by atoms with van der Waals surface area (Å²) >= 11 is 7.29. The molecule has 0 spiro atoms. The predicted octanol–water partition coefficient (Wildman–Crippen LogP) is 4.65. The average Bonchev–Trinajstić information content (AvgIpc) is 3.62. The Morgan fingerprint density at radius 3 is 2.76 bits per heavy atom. The zero-order valence-electron chi connectivity index (χ0n) is 20.6. The van der Waals surface area contributed by atoms with E-state index in [-0.39, 0.29) is 11.9 Å². The third kappa shape index (κ3) is 5.67. The highest BCUT2D eigenvalue weighted by Crippen LogP contribution is 2.34. The van der Waals surface area contributed by atoms with E-state index in [0.29, 0.717) is 33.2 Å². The molecule has 1 aliphatic heterocycles. The van der Waals surface area contributed by atoms with Gasteiger partial charge in [0.1, 0.15) is 9.96 Å². The number of nitrogens with one attached hydrogen (secondary N) is 2. The van der Waals surface area contributed by atoms with Crippen LogP contribution in [0.5, 0.6) is 5.75 Å². The smallest absolute Gasteiger partial charge is 0.237 e. The number of likely N-dealkylation sites (N-methyl/N-ethyl adjacent to an activating group) is 1. The fourth-order valence-corrected chi connectivity index (χ4v) is 6.88. The second-order valence-electron chi connectivity index (χ2n) is 8.97. The van der Waals surface area contributed by atoms with Crippen LogP contribution in [0.2, 0.25) is 4.34 Å². The van der Waals surface area contributed by atoms with E-state index in [2.05, 4.69) is 21.0 Å². The van der Waals surface area contributed by atoms with Crippen LogP contribution in [0.15, 0.2) is 58.8 Å². The molecule has 1 fully saturated rings. The molecule has 5 rings (SSSR count). The summed E-state index contributed by atoms with van der Waals surface area (Å²) in [7, 11) is 2.08. The van der Waals surface area contributed by atoms with Crippen LogP contribution < -0.4 is 14.8 Å². The third-order valence-electron chi connectivity index (χ3n) is 6.49. The Bertz CT molecular complexity index is 1450. The molecule has 0 bridgehead atoms. The number of methoxy groups -OCH3 is 1. The lowest BCUT2D eigenvalue weighted by Crippen LogP contribution is -2.41. The molecule has 37 heavy (non-hydrogen) atoms. The molecule has 3 heterocycles. The lowest BCUT2D eigenvalue weighted by atomic mass is 10.1. The predicted molar refractivity (Wildman–Crippen MR) is 149 cm³/mol. The highest BCUT2D eigenvalue weighted by atomic mass is 35.5. The molecule has 0 radical (unpaired) electrons. The molecule has 2 N–H and O–H groups in total. The van der Waals surface area contributed by atoms with Crippen LogP contribution in [0, 0.1) is 0 Å². The largest absolute Gasteiger partial charge is 0.496 e. The van der Waals surface area contributed by atoms with Gasteiger partial charge in [-0.2, -0.15) is 5.10 Å². The van der Waals surface area contributed by atoms with Crippen LogP contribution in [0.3, 0.4) is 0 Å². The molecule has 2 atom stereocenters.